The zero-order valence-corrected chi connectivity index (χ0v) is 9.21. The minimum Gasteiger partial charge on any atom is -0.332 e. The number of hydrogen-bond acceptors (Lipinski definition) is 3. The lowest BCUT2D eigenvalue weighted by Crippen LogP contribution is -2.15. The smallest absolute Gasteiger partial charge is 0.0949 e. The van der Waals surface area contributed by atoms with Gasteiger partial charge in [0.2, 0.25) is 0 Å². The molecular formula is C9H17N3S. The maximum absolute atomic E-state index is 5.81. The van der Waals surface area contributed by atoms with Crippen molar-refractivity contribution >= 4 is 11.8 Å². The molecule has 1 heterocycles. The fourth-order valence-electron chi connectivity index (χ4n) is 1.21. The quantitative estimate of drug-likeness (QED) is 0.802. The summed E-state index contributed by atoms with van der Waals surface area (Å²) < 4.78 is 2.13. The fourth-order valence-corrected chi connectivity index (χ4v) is 1.52. The van der Waals surface area contributed by atoms with Crippen LogP contribution >= 0.6 is 11.8 Å². The van der Waals surface area contributed by atoms with E-state index >= 15 is 0 Å². The Kier molecular flexibility index (Phi) is 3.81. The van der Waals surface area contributed by atoms with Crippen molar-refractivity contribution in [1.29, 1.82) is 0 Å². The van der Waals surface area contributed by atoms with Gasteiger partial charge in [0.05, 0.1) is 12.0 Å². The summed E-state index contributed by atoms with van der Waals surface area (Å²) in [6, 6.07) is 0.0663. The topological polar surface area (TPSA) is 43.8 Å². The Morgan fingerprint density at radius 1 is 1.62 bits per heavy atom. The number of nitrogens with two attached hydrogens (primary N) is 1. The minimum absolute atomic E-state index is 0.0663. The van der Waals surface area contributed by atoms with E-state index in [-0.39, 0.29) is 6.04 Å². The van der Waals surface area contributed by atoms with Crippen LogP contribution in [-0.4, -0.2) is 21.1 Å². The molecule has 74 valence electrons. The first-order valence-corrected chi connectivity index (χ1v) is 5.72. The number of hydrogen-bond donors (Lipinski definition) is 1. The second-order valence-electron chi connectivity index (χ2n) is 3.31. The van der Waals surface area contributed by atoms with Gasteiger partial charge in [0.25, 0.3) is 0 Å². The molecule has 0 amide bonds. The van der Waals surface area contributed by atoms with Gasteiger partial charge in [-0.05, 0) is 13.2 Å². The SMILES string of the molecule is CSC(C)Cn1cncc1[C@@H](C)N. The molecule has 1 unspecified atom stereocenters. The van der Waals surface area contributed by atoms with E-state index in [2.05, 4.69) is 22.7 Å². The molecule has 1 aromatic rings. The molecule has 0 aliphatic heterocycles. The van der Waals surface area contributed by atoms with Crippen molar-refractivity contribution in [2.45, 2.75) is 31.7 Å². The Bertz CT molecular complexity index is 257. The van der Waals surface area contributed by atoms with Gasteiger partial charge in [-0.1, -0.05) is 6.92 Å². The van der Waals surface area contributed by atoms with Crippen molar-refractivity contribution in [2.24, 2.45) is 5.73 Å². The van der Waals surface area contributed by atoms with E-state index in [1.807, 2.05) is 31.2 Å². The Hall–Kier alpha value is -0.480. The van der Waals surface area contributed by atoms with Gasteiger partial charge in [-0.25, -0.2) is 4.98 Å². The van der Waals surface area contributed by atoms with Crippen LogP contribution in [0.15, 0.2) is 12.5 Å². The van der Waals surface area contributed by atoms with E-state index in [4.69, 9.17) is 5.73 Å². The highest BCUT2D eigenvalue weighted by atomic mass is 32.2. The molecule has 1 aromatic heterocycles. The van der Waals surface area contributed by atoms with E-state index in [0.717, 1.165) is 12.2 Å². The lowest BCUT2D eigenvalue weighted by atomic mass is 10.2. The van der Waals surface area contributed by atoms with E-state index < -0.39 is 0 Å². The van der Waals surface area contributed by atoms with Crippen molar-refractivity contribution in [3.05, 3.63) is 18.2 Å². The Labute approximate surface area is 83.7 Å². The first kappa shape index (κ1) is 10.6. The molecule has 3 nitrogen and oxygen atoms in total. The van der Waals surface area contributed by atoms with Gasteiger partial charge >= 0.3 is 0 Å². The van der Waals surface area contributed by atoms with Crippen LogP contribution in [0.3, 0.4) is 0 Å². The first-order chi connectivity index (χ1) is 6.15. The van der Waals surface area contributed by atoms with E-state index in [1.165, 1.54) is 0 Å². The third-order valence-electron chi connectivity index (χ3n) is 2.07. The lowest BCUT2D eigenvalue weighted by Gasteiger charge is -2.13. The van der Waals surface area contributed by atoms with Gasteiger partial charge in [0.1, 0.15) is 0 Å². The van der Waals surface area contributed by atoms with Crippen LogP contribution < -0.4 is 5.73 Å². The van der Waals surface area contributed by atoms with Crippen LogP contribution in [0.25, 0.3) is 0 Å². The number of imidazole rings is 1. The first-order valence-electron chi connectivity index (χ1n) is 4.43. The number of nitrogens with zero attached hydrogens (tertiary/aromatic N) is 2. The molecular weight excluding hydrogens is 182 g/mol. The molecule has 0 aliphatic rings. The molecule has 2 N–H and O–H groups in total. The molecule has 0 fully saturated rings. The summed E-state index contributed by atoms with van der Waals surface area (Å²) in [6.45, 7) is 5.17. The number of rotatable bonds is 4. The summed E-state index contributed by atoms with van der Waals surface area (Å²) in [5, 5.41) is 0.603. The molecule has 0 radical (unpaired) electrons. The summed E-state index contributed by atoms with van der Waals surface area (Å²) in [6.07, 6.45) is 5.82. The average molecular weight is 199 g/mol. The highest BCUT2D eigenvalue weighted by Crippen LogP contribution is 2.13. The van der Waals surface area contributed by atoms with Gasteiger partial charge in [0, 0.05) is 24.0 Å². The minimum atomic E-state index is 0.0663. The molecule has 13 heavy (non-hydrogen) atoms. The highest BCUT2D eigenvalue weighted by Gasteiger charge is 2.08. The van der Waals surface area contributed by atoms with Crippen LogP contribution in [-0.2, 0) is 6.54 Å². The third kappa shape index (κ3) is 2.74. The van der Waals surface area contributed by atoms with Crippen molar-refractivity contribution in [2.75, 3.05) is 6.26 Å². The van der Waals surface area contributed by atoms with Crippen molar-refractivity contribution in [3.8, 4) is 0 Å². The Balaban J connectivity index is 2.70. The third-order valence-corrected chi connectivity index (χ3v) is 3.02. The zero-order valence-electron chi connectivity index (χ0n) is 8.40. The number of aromatic nitrogens is 2. The van der Waals surface area contributed by atoms with Crippen molar-refractivity contribution < 1.29 is 0 Å². The molecule has 0 saturated heterocycles. The van der Waals surface area contributed by atoms with Gasteiger partial charge < -0.3 is 10.3 Å². The van der Waals surface area contributed by atoms with Gasteiger partial charge in [0.15, 0.2) is 0 Å². The summed E-state index contributed by atoms with van der Waals surface area (Å²) in [7, 11) is 0. The second-order valence-corrected chi connectivity index (χ2v) is 4.58. The van der Waals surface area contributed by atoms with E-state index in [9.17, 15) is 0 Å². The summed E-state index contributed by atoms with van der Waals surface area (Å²) >= 11 is 1.85. The summed E-state index contributed by atoms with van der Waals surface area (Å²) in [4.78, 5) is 4.10. The van der Waals surface area contributed by atoms with E-state index in [1.54, 1.807) is 0 Å². The van der Waals surface area contributed by atoms with Gasteiger partial charge in [-0.3, -0.25) is 0 Å². The van der Waals surface area contributed by atoms with Crippen LogP contribution in [0.1, 0.15) is 25.6 Å². The lowest BCUT2D eigenvalue weighted by molar-refractivity contribution is 0.622. The maximum atomic E-state index is 5.81. The maximum Gasteiger partial charge on any atom is 0.0949 e. The fraction of sp³-hybridized carbons (Fsp3) is 0.667. The predicted octanol–water partition coefficient (Wildman–Crippen LogP) is 1.65. The largest absolute Gasteiger partial charge is 0.332 e. The molecule has 0 saturated carbocycles. The molecule has 2 atom stereocenters. The standard InChI is InChI=1S/C9H17N3S/c1-7(13-3)5-12-6-11-4-9(12)8(2)10/h4,6-8H,5,10H2,1-3H3/t7?,8-/m1/s1. The highest BCUT2D eigenvalue weighted by molar-refractivity contribution is 7.99. The molecule has 1 rings (SSSR count). The molecule has 0 aromatic carbocycles. The summed E-state index contributed by atoms with van der Waals surface area (Å²) in [5.41, 5.74) is 6.92. The second kappa shape index (κ2) is 4.67. The van der Waals surface area contributed by atoms with Crippen LogP contribution in [0.2, 0.25) is 0 Å². The number of thioether (sulfide) groups is 1. The van der Waals surface area contributed by atoms with Crippen LogP contribution in [0, 0.1) is 0 Å². The predicted molar refractivity (Wildman–Crippen MR) is 57.8 cm³/mol. The van der Waals surface area contributed by atoms with E-state index in [0.29, 0.717) is 5.25 Å². The van der Waals surface area contributed by atoms with Gasteiger partial charge in [-0.2, -0.15) is 11.8 Å². The van der Waals surface area contributed by atoms with Crippen molar-refractivity contribution in [3.63, 3.8) is 0 Å². The van der Waals surface area contributed by atoms with Crippen LogP contribution in [0.4, 0.5) is 0 Å². The van der Waals surface area contributed by atoms with Crippen molar-refractivity contribution in [1.82, 2.24) is 9.55 Å². The van der Waals surface area contributed by atoms with Gasteiger partial charge in [-0.15, -0.1) is 0 Å². The molecule has 4 heteroatoms. The Morgan fingerprint density at radius 2 is 2.31 bits per heavy atom. The average Bonchev–Trinajstić information content (AvgIpc) is 2.52. The molecule has 0 spiro atoms. The summed E-state index contributed by atoms with van der Waals surface area (Å²) in [5.74, 6) is 0. The zero-order chi connectivity index (χ0) is 9.84. The normalized spacial score (nSPS) is 15.7. The molecule has 0 aliphatic carbocycles. The molecule has 0 bridgehead atoms. The monoisotopic (exact) mass is 199 g/mol. The van der Waals surface area contributed by atoms with Crippen LogP contribution in [0.5, 0.6) is 0 Å². The Morgan fingerprint density at radius 3 is 2.85 bits per heavy atom.